The standard InChI is InChI=1S/C22H20N2O5S/c25-22(23-13-17-9-10-20-21(11-17)29-15-28-20)18-7-4-8-19(12-18)30(26,27)24-14-16-5-2-1-3-6-16/h1-12,24H,13-15H2,(H,23,25). The average Bonchev–Trinajstić information content (AvgIpc) is 3.25. The van der Waals surface area contributed by atoms with E-state index in [0.29, 0.717) is 11.5 Å². The van der Waals surface area contributed by atoms with Crippen molar-refractivity contribution < 1.29 is 22.7 Å². The van der Waals surface area contributed by atoms with Crippen LogP contribution in [0, 0.1) is 0 Å². The fourth-order valence-electron chi connectivity index (χ4n) is 3.00. The summed E-state index contributed by atoms with van der Waals surface area (Å²) in [5, 5.41) is 2.79. The second kappa shape index (κ2) is 8.56. The maximum Gasteiger partial charge on any atom is 0.251 e. The summed E-state index contributed by atoms with van der Waals surface area (Å²) in [6.45, 7) is 0.632. The van der Waals surface area contributed by atoms with Gasteiger partial charge in [0.1, 0.15) is 0 Å². The normalized spacial score (nSPS) is 12.5. The Balaban J connectivity index is 1.41. The summed E-state index contributed by atoms with van der Waals surface area (Å²) in [4.78, 5) is 12.6. The van der Waals surface area contributed by atoms with Crippen LogP contribution in [0.4, 0.5) is 0 Å². The van der Waals surface area contributed by atoms with Crippen molar-refractivity contribution in [2.45, 2.75) is 18.0 Å². The molecule has 0 spiro atoms. The van der Waals surface area contributed by atoms with Crippen molar-refractivity contribution in [1.82, 2.24) is 10.0 Å². The molecule has 1 aliphatic heterocycles. The highest BCUT2D eigenvalue weighted by atomic mass is 32.2. The zero-order chi connectivity index (χ0) is 21.0. The van der Waals surface area contributed by atoms with E-state index in [-0.39, 0.29) is 36.2 Å². The molecule has 1 amide bonds. The van der Waals surface area contributed by atoms with Crippen LogP contribution >= 0.6 is 0 Å². The molecule has 1 aliphatic rings. The molecule has 0 fully saturated rings. The Hall–Kier alpha value is -3.36. The van der Waals surface area contributed by atoms with Crippen molar-refractivity contribution in [1.29, 1.82) is 0 Å². The second-order valence-corrected chi connectivity index (χ2v) is 8.48. The number of rotatable bonds is 7. The van der Waals surface area contributed by atoms with Gasteiger partial charge >= 0.3 is 0 Å². The summed E-state index contributed by atoms with van der Waals surface area (Å²) in [5.41, 5.74) is 1.96. The topological polar surface area (TPSA) is 93.7 Å². The van der Waals surface area contributed by atoms with E-state index < -0.39 is 10.0 Å². The first-order chi connectivity index (χ1) is 14.5. The minimum atomic E-state index is -3.75. The Kier molecular flexibility index (Phi) is 5.69. The number of carbonyl (C=O) groups is 1. The molecule has 0 saturated heterocycles. The van der Waals surface area contributed by atoms with E-state index in [1.165, 1.54) is 12.1 Å². The van der Waals surface area contributed by atoms with E-state index in [0.717, 1.165) is 11.1 Å². The summed E-state index contributed by atoms with van der Waals surface area (Å²) in [6, 6.07) is 20.6. The molecule has 154 valence electrons. The van der Waals surface area contributed by atoms with Crippen LogP contribution in [-0.2, 0) is 23.1 Å². The van der Waals surface area contributed by atoms with Crippen LogP contribution in [0.15, 0.2) is 77.7 Å². The Morgan fingerprint density at radius 2 is 1.63 bits per heavy atom. The van der Waals surface area contributed by atoms with Crippen LogP contribution in [-0.4, -0.2) is 21.1 Å². The molecule has 30 heavy (non-hydrogen) atoms. The van der Waals surface area contributed by atoms with Crippen LogP contribution in [0.2, 0.25) is 0 Å². The average molecular weight is 424 g/mol. The van der Waals surface area contributed by atoms with Gasteiger partial charge in [-0.1, -0.05) is 42.5 Å². The van der Waals surface area contributed by atoms with E-state index in [1.807, 2.05) is 36.4 Å². The molecule has 1 heterocycles. The molecule has 2 N–H and O–H groups in total. The predicted octanol–water partition coefficient (Wildman–Crippen LogP) is 2.82. The molecule has 0 aromatic heterocycles. The Labute approximate surface area is 174 Å². The van der Waals surface area contributed by atoms with Crippen LogP contribution in [0.1, 0.15) is 21.5 Å². The largest absolute Gasteiger partial charge is 0.454 e. The molecule has 4 rings (SSSR count). The molecule has 0 aliphatic carbocycles. The third kappa shape index (κ3) is 4.61. The van der Waals surface area contributed by atoms with E-state index in [4.69, 9.17) is 9.47 Å². The van der Waals surface area contributed by atoms with Crippen molar-refractivity contribution in [3.05, 3.63) is 89.5 Å². The van der Waals surface area contributed by atoms with Crippen molar-refractivity contribution in [2.75, 3.05) is 6.79 Å². The fourth-order valence-corrected chi connectivity index (χ4v) is 4.06. The van der Waals surface area contributed by atoms with Crippen LogP contribution < -0.4 is 19.5 Å². The first-order valence-corrected chi connectivity index (χ1v) is 10.8. The van der Waals surface area contributed by atoms with Gasteiger partial charge in [-0.2, -0.15) is 0 Å². The number of nitrogens with one attached hydrogen (secondary N) is 2. The highest BCUT2D eigenvalue weighted by Crippen LogP contribution is 2.32. The van der Waals surface area contributed by atoms with E-state index in [2.05, 4.69) is 10.0 Å². The molecule has 0 radical (unpaired) electrons. The lowest BCUT2D eigenvalue weighted by Gasteiger charge is -2.10. The fraction of sp³-hybridized carbons (Fsp3) is 0.136. The first kappa shape index (κ1) is 19.9. The zero-order valence-corrected chi connectivity index (χ0v) is 16.8. The van der Waals surface area contributed by atoms with Gasteiger partial charge in [0.15, 0.2) is 11.5 Å². The Morgan fingerprint density at radius 3 is 2.47 bits per heavy atom. The van der Waals surface area contributed by atoms with Gasteiger partial charge in [-0.25, -0.2) is 13.1 Å². The van der Waals surface area contributed by atoms with Gasteiger partial charge in [0, 0.05) is 18.7 Å². The summed E-state index contributed by atoms with van der Waals surface area (Å²) >= 11 is 0. The van der Waals surface area contributed by atoms with Gasteiger partial charge in [-0.15, -0.1) is 0 Å². The van der Waals surface area contributed by atoms with Gasteiger partial charge in [0.25, 0.3) is 5.91 Å². The molecule has 8 heteroatoms. The van der Waals surface area contributed by atoms with Crippen molar-refractivity contribution in [3.63, 3.8) is 0 Å². The van der Waals surface area contributed by atoms with Crippen LogP contribution in [0.3, 0.4) is 0 Å². The van der Waals surface area contributed by atoms with Crippen molar-refractivity contribution in [2.24, 2.45) is 0 Å². The van der Waals surface area contributed by atoms with Gasteiger partial charge < -0.3 is 14.8 Å². The maximum atomic E-state index is 12.6. The molecular formula is C22H20N2O5S. The number of carbonyl (C=O) groups excluding carboxylic acids is 1. The zero-order valence-electron chi connectivity index (χ0n) is 16.0. The van der Waals surface area contributed by atoms with Gasteiger partial charge in [0.2, 0.25) is 16.8 Å². The number of sulfonamides is 1. The minimum Gasteiger partial charge on any atom is -0.454 e. The minimum absolute atomic E-state index is 0.0363. The van der Waals surface area contributed by atoms with Crippen LogP contribution in [0.5, 0.6) is 11.5 Å². The summed E-state index contributed by atoms with van der Waals surface area (Å²) < 4.78 is 38.4. The smallest absolute Gasteiger partial charge is 0.251 e. The summed E-state index contributed by atoms with van der Waals surface area (Å²) in [7, 11) is -3.75. The first-order valence-electron chi connectivity index (χ1n) is 9.32. The number of fused-ring (bicyclic) bond motifs is 1. The number of benzene rings is 3. The Morgan fingerprint density at radius 1 is 0.833 bits per heavy atom. The quantitative estimate of drug-likeness (QED) is 0.608. The third-order valence-electron chi connectivity index (χ3n) is 4.61. The predicted molar refractivity (Wildman–Crippen MR) is 111 cm³/mol. The molecule has 7 nitrogen and oxygen atoms in total. The lowest BCUT2D eigenvalue weighted by atomic mass is 10.2. The molecule has 0 atom stereocenters. The number of ether oxygens (including phenoxy) is 2. The highest BCUT2D eigenvalue weighted by molar-refractivity contribution is 7.89. The molecule has 3 aromatic carbocycles. The van der Waals surface area contributed by atoms with Crippen LogP contribution in [0.25, 0.3) is 0 Å². The van der Waals surface area contributed by atoms with E-state index >= 15 is 0 Å². The van der Waals surface area contributed by atoms with Gasteiger partial charge in [-0.05, 0) is 41.5 Å². The molecular weight excluding hydrogens is 404 g/mol. The lowest BCUT2D eigenvalue weighted by Crippen LogP contribution is -2.25. The summed E-state index contributed by atoms with van der Waals surface area (Å²) in [5.74, 6) is 0.943. The molecule has 3 aromatic rings. The summed E-state index contributed by atoms with van der Waals surface area (Å²) in [6.07, 6.45) is 0. The highest BCUT2D eigenvalue weighted by Gasteiger charge is 2.17. The maximum absolute atomic E-state index is 12.6. The molecule has 0 saturated carbocycles. The van der Waals surface area contributed by atoms with Crippen molar-refractivity contribution >= 4 is 15.9 Å². The number of hydrogen-bond acceptors (Lipinski definition) is 5. The number of amides is 1. The molecule has 0 unspecified atom stereocenters. The molecule has 0 bridgehead atoms. The van der Waals surface area contributed by atoms with Gasteiger partial charge in [-0.3, -0.25) is 4.79 Å². The van der Waals surface area contributed by atoms with Crippen molar-refractivity contribution in [3.8, 4) is 11.5 Å². The van der Waals surface area contributed by atoms with Gasteiger partial charge in [0.05, 0.1) is 4.90 Å². The monoisotopic (exact) mass is 424 g/mol. The SMILES string of the molecule is O=C(NCc1ccc2c(c1)OCO2)c1cccc(S(=O)(=O)NCc2ccccc2)c1. The third-order valence-corrected chi connectivity index (χ3v) is 6.00. The lowest BCUT2D eigenvalue weighted by molar-refractivity contribution is 0.0950. The number of hydrogen-bond donors (Lipinski definition) is 2. The van der Waals surface area contributed by atoms with E-state index in [1.54, 1.807) is 24.3 Å². The Bertz CT molecular complexity index is 1160. The second-order valence-electron chi connectivity index (χ2n) is 6.71. The van der Waals surface area contributed by atoms with E-state index in [9.17, 15) is 13.2 Å².